The van der Waals surface area contributed by atoms with Gasteiger partial charge in [0.2, 0.25) is 0 Å². The van der Waals surface area contributed by atoms with Crippen molar-refractivity contribution >= 4 is 196 Å². The number of rotatable bonds is 16. The molecule has 2 bridgehead atoms. The molecule has 0 saturated heterocycles. The fraction of sp³-hybridized carbons (Fsp3) is 0.289. The molecular weight excluding hydrogens is 2350 g/mol. The lowest BCUT2D eigenvalue weighted by Crippen LogP contribution is -2.55. The molecule has 6 aliphatic rings. The molecule has 16 aromatic carbocycles. The predicted molar refractivity (Wildman–Crippen MR) is 661 cm³/mol. The number of fused-ring (bicyclic) bond motifs is 7. The molecule has 16 aromatic rings. The lowest BCUT2D eigenvalue weighted by Gasteiger charge is -2.56. The van der Waals surface area contributed by atoms with Crippen molar-refractivity contribution in [1.29, 1.82) is 0 Å². The summed E-state index contributed by atoms with van der Waals surface area (Å²) in [6.07, 6.45) is 4.12. The van der Waals surface area contributed by atoms with Crippen LogP contribution < -0.4 is 19.6 Å². The highest BCUT2D eigenvalue weighted by molar-refractivity contribution is 9.11. The first kappa shape index (κ1) is 108. The number of benzene rings is 16. The van der Waals surface area contributed by atoms with Crippen LogP contribution in [0.5, 0.6) is 0 Å². The van der Waals surface area contributed by atoms with Gasteiger partial charge < -0.3 is 19.6 Å². The van der Waals surface area contributed by atoms with E-state index in [2.05, 4.69) is 640 Å². The molecule has 0 aromatic heterocycles. The highest BCUT2D eigenvalue weighted by atomic mass is 79.9. The summed E-state index contributed by atoms with van der Waals surface area (Å²) in [5.41, 5.74) is 40.6. The Morgan fingerprint density at radius 3 is 0.846 bits per heavy atom. The minimum atomic E-state index is -0.273. The van der Waals surface area contributed by atoms with E-state index in [1.54, 1.807) is 22.8 Å². The van der Waals surface area contributed by atoms with Gasteiger partial charge in [0.25, 0.3) is 0 Å². The third-order valence-electron chi connectivity index (χ3n) is 37.4. The van der Waals surface area contributed by atoms with E-state index >= 15 is 4.39 Å². The maximum absolute atomic E-state index is 16.0. The third-order valence-corrected chi connectivity index (χ3v) is 41.6. The Bertz CT molecular complexity index is 7580. The van der Waals surface area contributed by atoms with Crippen molar-refractivity contribution < 1.29 is 4.39 Å². The van der Waals surface area contributed by atoms with Crippen molar-refractivity contribution in [3.63, 3.8) is 0 Å². The van der Waals surface area contributed by atoms with Gasteiger partial charge in [-0.05, 0) is 503 Å². The lowest BCUT2D eigenvalue weighted by molar-refractivity contribution is -0.0105. The van der Waals surface area contributed by atoms with Crippen LogP contribution in [0.4, 0.5) is 72.6 Å². The largest absolute Gasteiger partial charge is 0.310 e. The van der Waals surface area contributed by atoms with Gasteiger partial charge in [-0.2, -0.15) is 0 Å². The van der Waals surface area contributed by atoms with Gasteiger partial charge >= 0.3 is 0 Å². The molecule has 0 N–H and O–H groups in total. The van der Waals surface area contributed by atoms with E-state index in [1.807, 2.05) is 0 Å². The topological polar surface area (TPSA) is 16.2 Å². The zero-order valence-corrected chi connectivity index (χ0v) is 103. The number of hydrogen-bond donors (Lipinski definition) is 0. The Morgan fingerprint density at radius 2 is 0.503 bits per heavy atom. The summed E-state index contributed by atoms with van der Waals surface area (Å²) in [4.78, 5) is 11.7. The van der Waals surface area contributed by atoms with E-state index in [1.165, 1.54) is 97.3 Å². The molecule has 2 atom stereocenters. The van der Waals surface area contributed by atoms with Gasteiger partial charge in [-0.15, -0.1) is 0 Å². The first-order valence-corrected chi connectivity index (χ1v) is 58.4. The average Bonchev–Trinajstić information content (AvgIpc) is 1.47. The summed E-state index contributed by atoms with van der Waals surface area (Å²) in [6, 6.07) is 118. The van der Waals surface area contributed by atoms with Crippen molar-refractivity contribution in [3.8, 4) is 44.5 Å². The zero-order valence-electron chi connectivity index (χ0n) is 90.1. The molecule has 2 unspecified atom stereocenters. The summed E-state index contributed by atoms with van der Waals surface area (Å²) in [5, 5.41) is 0. The number of nitrogens with zero attached hydrogens (tertiary/aromatic N) is 5. The highest BCUT2D eigenvalue weighted by Gasteiger charge is 2.72. The van der Waals surface area contributed by atoms with E-state index in [-0.39, 0.29) is 60.2 Å². The third kappa shape index (κ3) is 18.9. The molecule has 1 heterocycles. The summed E-state index contributed by atoms with van der Waals surface area (Å²) >= 11 is 28.7. The van der Waals surface area contributed by atoms with Crippen molar-refractivity contribution in [1.82, 2.24) is 4.90 Å². The highest BCUT2D eigenvalue weighted by Crippen LogP contribution is 2.77. The van der Waals surface area contributed by atoms with Gasteiger partial charge in [-0.3, -0.25) is 4.90 Å². The molecule has 5 aliphatic carbocycles. The van der Waals surface area contributed by atoms with Crippen LogP contribution in [0.1, 0.15) is 235 Å². The van der Waals surface area contributed by atoms with Crippen LogP contribution in [0, 0.1) is 49.8 Å². The van der Waals surface area contributed by atoms with Crippen LogP contribution in [0.25, 0.3) is 44.5 Å². The maximum atomic E-state index is 16.0. The Morgan fingerprint density at radius 1 is 0.235 bits per heavy atom. The number of halogens is 9. The fourth-order valence-electron chi connectivity index (χ4n) is 25.6. The minimum absolute atomic E-state index is 0.00816. The molecule has 1 aliphatic heterocycles. The fourth-order valence-corrected chi connectivity index (χ4v) is 27.7. The Kier molecular flexibility index (Phi) is 29.2. The van der Waals surface area contributed by atoms with Crippen LogP contribution in [-0.4, -0.2) is 11.9 Å². The Hall–Kier alpha value is -9.55. The van der Waals surface area contributed by atoms with Crippen molar-refractivity contribution in [3.05, 3.63) is 442 Å². The number of anilines is 12. The Balaban J connectivity index is 0.000000125. The molecule has 1 saturated carbocycles. The second kappa shape index (κ2) is 40.4. The van der Waals surface area contributed by atoms with Crippen LogP contribution in [0.2, 0.25) is 0 Å². The summed E-state index contributed by atoms with van der Waals surface area (Å²) in [7, 11) is 2.24. The van der Waals surface area contributed by atoms with Crippen LogP contribution >= 0.6 is 127 Å². The van der Waals surface area contributed by atoms with Gasteiger partial charge in [0.1, 0.15) is 5.82 Å². The first-order chi connectivity index (χ1) is 70.3. The van der Waals surface area contributed by atoms with Gasteiger partial charge in [0.05, 0.1) is 0 Å². The van der Waals surface area contributed by atoms with E-state index in [0.29, 0.717) is 0 Å². The van der Waals surface area contributed by atoms with Gasteiger partial charge in [0, 0.05) is 121 Å². The molecule has 149 heavy (non-hydrogen) atoms. The van der Waals surface area contributed by atoms with Gasteiger partial charge in [-0.1, -0.05) is 304 Å². The van der Waals surface area contributed by atoms with Crippen molar-refractivity contribution in [2.75, 3.05) is 26.6 Å². The second-order valence-electron chi connectivity index (χ2n) is 47.0. The van der Waals surface area contributed by atoms with Gasteiger partial charge in [-0.25, -0.2) is 4.39 Å². The quantitative estimate of drug-likeness (QED) is 0.0955. The molecule has 14 heteroatoms. The molecule has 22 rings (SSSR count). The van der Waals surface area contributed by atoms with Crippen LogP contribution in [0.3, 0.4) is 0 Å². The lowest BCUT2D eigenvalue weighted by atomic mass is 9.47. The molecule has 0 radical (unpaired) electrons. The summed E-state index contributed by atoms with van der Waals surface area (Å²) in [6.45, 7) is 54.0. The van der Waals surface area contributed by atoms with Crippen molar-refractivity contribution in [2.24, 2.45) is 16.2 Å². The number of aryl methyl sites for hydroxylation is 4. The summed E-state index contributed by atoms with van der Waals surface area (Å²) in [5.74, 6) is 1.49. The van der Waals surface area contributed by atoms with E-state index in [0.717, 1.165) is 138 Å². The maximum Gasteiger partial charge on any atom is 0.127 e. The zero-order chi connectivity index (χ0) is 107. The molecule has 0 amide bonds. The normalized spacial score (nSPS) is 17.9. The van der Waals surface area contributed by atoms with E-state index in [4.69, 9.17) is 0 Å². The van der Waals surface area contributed by atoms with Crippen molar-refractivity contribution in [2.45, 2.75) is 228 Å². The predicted octanol–water partition coefficient (Wildman–Crippen LogP) is 44.0. The number of hydrogen-bond acceptors (Lipinski definition) is 5. The first-order valence-electron chi connectivity index (χ1n) is 52.0. The Labute approximate surface area is 952 Å². The molecule has 0 spiro atoms. The molecule has 1 fully saturated rings. The molecular formula is C135H134Br8FN5. The monoisotopic (exact) mass is 2480 g/mol. The molecule has 5 nitrogen and oxygen atoms in total. The second-order valence-corrected chi connectivity index (χ2v) is 54.3. The standard InChI is InChI=1S/C39H43Br2N.C34H34Br2FN.C32H32Br2N2.C30H25Br2N/c1-24-11-16-30(42(28-17-12-26(40)13-18-28)29-19-14-27(41)15-20-29)23-31(24)25-21-32-34-33(22-25)36(4,5)38(8,9)39(34,10)37(6,7)35(32,2)3;1-21-8-13-27(38(25-14-9-23(35)10-15-25)26-16-11-24(36)12-17-26)20-28(21)22-18-29-31(30(37)19-22)33(4,5)34(6,7)32(29,2)3;1-21-7-13-27(36(25-14-9-23(33)10-15-25)26-16-11-24(34)12-17-26)20-28(21)22-8-18-29-30(19-22)32(4,5)35(6)31(29,2)3;1-19-16-27(33(25-9-5-23(31)6-10-25)26-11-7-24(32)8-12-26)13-15-28(19)22-4-14-29-20-2-3-21(17-20)30(29)18-22/h11-23H,1-10H3;8-20H,1-7H3;7-20H,1-6H3;4-16,18,20-21H,2-3,17H2,1H3. The summed E-state index contributed by atoms with van der Waals surface area (Å²) < 4.78 is 24.5. The van der Waals surface area contributed by atoms with E-state index in [9.17, 15) is 0 Å². The smallest absolute Gasteiger partial charge is 0.127 e. The molecule has 762 valence electrons. The van der Waals surface area contributed by atoms with Gasteiger partial charge in [0.15, 0.2) is 0 Å². The average molecular weight is 2480 g/mol. The SMILES string of the molecule is Cc1cc(N(c2ccc(Br)cc2)c2ccc(Br)cc2)ccc1-c1ccc2c(c1)C1CCC2C1.Cc1ccc(N(c2ccc(Br)cc2)c2ccc(Br)cc2)cc1-c1cc(F)c2c(c1)C(C)(C)C(C)(C)C2(C)C.Cc1ccc(N(c2ccc(Br)cc2)c2ccc(Br)cc2)cc1-c1cc2c3c(c1)C(C)(C)C(C)(C)C3(C)C(C)(C)C2(C)C.Cc1ccc(N(c2ccc(Br)cc2)c2ccc(Br)cc2)cc1-c1ccc2c(c1)C(C)(C)N(C)C2(C)C. The van der Waals surface area contributed by atoms with Crippen LogP contribution in [-0.2, 0) is 38.2 Å². The van der Waals surface area contributed by atoms with Crippen LogP contribution in [0.15, 0.2) is 363 Å². The minimum Gasteiger partial charge on any atom is -0.310 e. The van der Waals surface area contributed by atoms with E-state index < -0.39 is 0 Å².